The third kappa shape index (κ3) is 4.20. The van der Waals surface area contributed by atoms with Crippen molar-refractivity contribution in [3.63, 3.8) is 0 Å². The Morgan fingerprint density at radius 1 is 1.06 bits per heavy atom. The molecule has 0 N–H and O–H groups in total. The Balaban J connectivity index is 1.30. The first-order valence-electron chi connectivity index (χ1n) is 12.6. The Bertz CT molecular complexity index is 882. The molecule has 1 saturated carbocycles. The number of fused-ring (bicyclic) bond motifs is 6. The highest BCUT2D eigenvalue weighted by atomic mass is 16.6. The Labute approximate surface area is 197 Å². The van der Waals surface area contributed by atoms with Crippen LogP contribution in [0.2, 0.25) is 0 Å². The second kappa shape index (κ2) is 9.16. The zero-order valence-corrected chi connectivity index (χ0v) is 20.0. The molecule has 1 aromatic rings. The minimum Gasteiger partial charge on any atom is -0.453 e. The van der Waals surface area contributed by atoms with Gasteiger partial charge in [-0.2, -0.15) is 0 Å². The van der Waals surface area contributed by atoms with Crippen LogP contribution in [-0.4, -0.2) is 78.9 Å². The van der Waals surface area contributed by atoms with Crippen LogP contribution in [0.5, 0.6) is 0 Å². The number of carbonyl (C=O) groups excluding carboxylic acids is 2. The molecule has 3 saturated heterocycles. The summed E-state index contributed by atoms with van der Waals surface area (Å²) in [5.41, 5.74) is 2.67. The third-order valence-corrected chi connectivity index (χ3v) is 8.60. The maximum Gasteiger partial charge on any atom is 0.410 e. The summed E-state index contributed by atoms with van der Waals surface area (Å²) in [4.78, 5) is 31.5. The van der Waals surface area contributed by atoms with Crippen molar-refractivity contribution in [3.8, 4) is 0 Å². The third-order valence-electron chi connectivity index (χ3n) is 8.60. The maximum absolute atomic E-state index is 12.5. The van der Waals surface area contributed by atoms with Gasteiger partial charge >= 0.3 is 12.2 Å². The average Bonchev–Trinajstić information content (AvgIpc) is 3.16. The van der Waals surface area contributed by atoms with Crippen LogP contribution in [0, 0.1) is 5.92 Å². The first kappa shape index (κ1) is 22.5. The molecule has 180 valence electrons. The van der Waals surface area contributed by atoms with E-state index in [-0.39, 0.29) is 17.6 Å². The zero-order valence-electron chi connectivity index (χ0n) is 20.0. The summed E-state index contributed by atoms with van der Waals surface area (Å²) in [6, 6.07) is 9.45. The predicted molar refractivity (Wildman–Crippen MR) is 125 cm³/mol. The fraction of sp³-hybridized carbons (Fsp3) is 0.692. The molecule has 7 nitrogen and oxygen atoms in total. The van der Waals surface area contributed by atoms with Crippen molar-refractivity contribution in [2.24, 2.45) is 5.92 Å². The van der Waals surface area contributed by atoms with Crippen LogP contribution in [0.3, 0.4) is 0 Å². The summed E-state index contributed by atoms with van der Waals surface area (Å²) < 4.78 is 10.4. The van der Waals surface area contributed by atoms with Crippen molar-refractivity contribution < 1.29 is 19.1 Å². The Kier molecular flexibility index (Phi) is 6.25. The van der Waals surface area contributed by atoms with Crippen molar-refractivity contribution in [2.75, 3.05) is 39.9 Å². The van der Waals surface area contributed by atoms with Gasteiger partial charge in [-0.1, -0.05) is 24.3 Å². The molecule has 6 rings (SSSR count). The number of likely N-dealkylation sites (tertiary alicyclic amines) is 1. The molecule has 3 atom stereocenters. The van der Waals surface area contributed by atoms with Crippen molar-refractivity contribution >= 4 is 12.2 Å². The molecule has 4 fully saturated rings. The smallest absolute Gasteiger partial charge is 0.410 e. The van der Waals surface area contributed by atoms with E-state index in [4.69, 9.17) is 9.47 Å². The first-order valence-corrected chi connectivity index (χ1v) is 12.6. The molecule has 3 unspecified atom stereocenters. The van der Waals surface area contributed by atoms with E-state index in [0.717, 1.165) is 51.9 Å². The maximum atomic E-state index is 12.5. The van der Waals surface area contributed by atoms with Crippen LogP contribution in [0.4, 0.5) is 9.59 Å². The van der Waals surface area contributed by atoms with E-state index in [2.05, 4.69) is 29.2 Å². The number of rotatable bonds is 2. The lowest BCUT2D eigenvalue weighted by molar-refractivity contribution is 0.0556. The first-order chi connectivity index (χ1) is 16.0. The van der Waals surface area contributed by atoms with Gasteiger partial charge in [0, 0.05) is 37.1 Å². The van der Waals surface area contributed by atoms with Gasteiger partial charge in [0.15, 0.2) is 0 Å². The standard InChI is InChI=1S/C26H37N3O4/c1-3-33-25(31)29-16-19-8-9-21(29)15-22(14-19)27-12-10-26(11-13-27)18-28(24(30)32-2)17-20-6-4-5-7-23(20)26/h4-7,19,21-22H,3,8-18H2,1-2H3. The van der Waals surface area contributed by atoms with Gasteiger partial charge < -0.3 is 24.2 Å². The molecule has 0 aromatic heterocycles. The summed E-state index contributed by atoms with van der Waals surface area (Å²) in [7, 11) is 1.47. The number of benzene rings is 1. The van der Waals surface area contributed by atoms with Crippen LogP contribution in [0.1, 0.15) is 56.6 Å². The van der Waals surface area contributed by atoms with Crippen molar-refractivity contribution in [1.82, 2.24) is 14.7 Å². The van der Waals surface area contributed by atoms with Gasteiger partial charge in [-0.3, -0.25) is 0 Å². The molecule has 4 aliphatic heterocycles. The molecule has 2 amide bonds. The Morgan fingerprint density at radius 2 is 1.85 bits per heavy atom. The largest absolute Gasteiger partial charge is 0.453 e. The van der Waals surface area contributed by atoms with E-state index in [1.807, 2.05) is 16.7 Å². The Morgan fingerprint density at radius 3 is 2.61 bits per heavy atom. The molecular formula is C26H37N3O4. The summed E-state index contributed by atoms with van der Waals surface area (Å²) in [5.74, 6) is 0.569. The van der Waals surface area contributed by atoms with E-state index < -0.39 is 0 Å². The van der Waals surface area contributed by atoms with E-state index in [9.17, 15) is 9.59 Å². The normalized spacial score (nSPS) is 28.8. The monoisotopic (exact) mass is 455 g/mol. The van der Waals surface area contributed by atoms with E-state index in [0.29, 0.717) is 31.2 Å². The number of carbonyl (C=O) groups is 2. The summed E-state index contributed by atoms with van der Waals surface area (Å²) >= 11 is 0. The van der Waals surface area contributed by atoms with Gasteiger partial charge in [0.05, 0.1) is 13.7 Å². The molecule has 1 spiro atoms. The molecular weight excluding hydrogens is 418 g/mol. The van der Waals surface area contributed by atoms with Crippen LogP contribution >= 0.6 is 0 Å². The summed E-state index contributed by atoms with van der Waals surface area (Å²) in [6.07, 6.45) is 6.26. The average molecular weight is 456 g/mol. The van der Waals surface area contributed by atoms with Gasteiger partial charge in [0.1, 0.15) is 0 Å². The number of amides is 2. The Hall–Kier alpha value is -2.28. The lowest BCUT2D eigenvalue weighted by Gasteiger charge is -2.49. The molecule has 2 bridgehead atoms. The lowest BCUT2D eigenvalue weighted by Crippen LogP contribution is -2.55. The molecule has 4 heterocycles. The van der Waals surface area contributed by atoms with Crippen molar-refractivity contribution in [3.05, 3.63) is 35.4 Å². The molecule has 0 radical (unpaired) electrons. The van der Waals surface area contributed by atoms with E-state index >= 15 is 0 Å². The fourth-order valence-corrected chi connectivity index (χ4v) is 6.95. The topological polar surface area (TPSA) is 62.3 Å². The molecule has 7 heteroatoms. The van der Waals surface area contributed by atoms with Crippen LogP contribution < -0.4 is 0 Å². The molecule has 33 heavy (non-hydrogen) atoms. The van der Waals surface area contributed by atoms with Crippen LogP contribution in [-0.2, 0) is 21.4 Å². The number of nitrogens with zero attached hydrogens (tertiary/aromatic N) is 3. The summed E-state index contributed by atoms with van der Waals surface area (Å²) in [6.45, 7) is 6.60. The number of hydrogen-bond donors (Lipinski definition) is 0. The number of hydrogen-bond acceptors (Lipinski definition) is 5. The number of ether oxygens (including phenoxy) is 2. The predicted octanol–water partition coefficient (Wildman–Crippen LogP) is 4.00. The van der Waals surface area contributed by atoms with Gasteiger partial charge in [-0.15, -0.1) is 0 Å². The quantitative estimate of drug-likeness (QED) is 0.675. The van der Waals surface area contributed by atoms with E-state index in [1.54, 1.807) is 0 Å². The van der Waals surface area contributed by atoms with Gasteiger partial charge in [-0.05, 0) is 75.6 Å². The summed E-state index contributed by atoms with van der Waals surface area (Å²) in [5, 5.41) is 0. The number of methoxy groups -OCH3 is 1. The minimum absolute atomic E-state index is 0.000210. The lowest BCUT2D eigenvalue weighted by atomic mass is 9.68. The van der Waals surface area contributed by atoms with Crippen LogP contribution in [0.25, 0.3) is 0 Å². The SMILES string of the molecule is CCOC(=O)N1CC2CCC1CC(N1CCC3(CC1)CN(C(=O)OC)Cc1ccccc13)C2. The molecule has 1 aromatic carbocycles. The highest BCUT2D eigenvalue weighted by Gasteiger charge is 2.46. The van der Waals surface area contributed by atoms with Gasteiger partial charge in [0.2, 0.25) is 0 Å². The van der Waals surface area contributed by atoms with Crippen molar-refractivity contribution in [2.45, 2.75) is 69.5 Å². The van der Waals surface area contributed by atoms with E-state index in [1.165, 1.54) is 31.1 Å². The molecule has 5 aliphatic rings. The van der Waals surface area contributed by atoms with Gasteiger partial charge in [0.25, 0.3) is 0 Å². The zero-order chi connectivity index (χ0) is 23.0. The second-order valence-electron chi connectivity index (χ2n) is 10.4. The highest BCUT2D eigenvalue weighted by molar-refractivity contribution is 5.69. The molecule has 1 aliphatic carbocycles. The van der Waals surface area contributed by atoms with Crippen LogP contribution in [0.15, 0.2) is 24.3 Å². The fourth-order valence-electron chi connectivity index (χ4n) is 6.95. The number of piperidine rings is 2. The van der Waals surface area contributed by atoms with Crippen molar-refractivity contribution in [1.29, 1.82) is 0 Å². The second-order valence-corrected chi connectivity index (χ2v) is 10.4. The van der Waals surface area contributed by atoms with Gasteiger partial charge in [-0.25, -0.2) is 9.59 Å². The minimum atomic E-state index is -0.231. The highest BCUT2D eigenvalue weighted by Crippen LogP contribution is 2.44.